The normalized spacial score (nSPS) is 23.9. The van der Waals surface area contributed by atoms with Crippen molar-refractivity contribution in [2.45, 2.75) is 51.7 Å². The Hall–Kier alpha value is -0.580. The molecule has 0 aliphatic heterocycles. The van der Waals surface area contributed by atoms with Crippen molar-refractivity contribution in [1.29, 1.82) is 0 Å². The fraction of sp³-hybridized carbons (Fsp3) is 0.846. The summed E-state index contributed by atoms with van der Waals surface area (Å²) >= 11 is 0. The highest BCUT2D eigenvalue weighted by atomic mass is 16.3. The van der Waals surface area contributed by atoms with Crippen molar-refractivity contribution < 1.29 is 15.3 Å². The van der Waals surface area contributed by atoms with Gasteiger partial charge in [0.05, 0.1) is 18.5 Å². The number of aliphatic hydroxyl groups is 3. The molecule has 0 saturated carbocycles. The van der Waals surface area contributed by atoms with Gasteiger partial charge in [0.15, 0.2) is 0 Å². The summed E-state index contributed by atoms with van der Waals surface area (Å²) < 4.78 is 0. The maximum Gasteiger partial charge on any atom is 0.0937 e. The van der Waals surface area contributed by atoms with Crippen LogP contribution in [0, 0.1) is 5.92 Å². The maximum atomic E-state index is 10.1. The average Bonchev–Trinajstić information content (AvgIpc) is 2.25. The first-order valence-corrected chi connectivity index (χ1v) is 6.27. The summed E-state index contributed by atoms with van der Waals surface area (Å²) in [5.41, 5.74) is 0.670. The van der Waals surface area contributed by atoms with Crippen LogP contribution in [-0.2, 0) is 0 Å². The van der Waals surface area contributed by atoms with Gasteiger partial charge in [-0.1, -0.05) is 0 Å². The van der Waals surface area contributed by atoms with Gasteiger partial charge < -0.3 is 20.6 Å². The van der Waals surface area contributed by atoms with E-state index in [-0.39, 0.29) is 18.1 Å². The van der Waals surface area contributed by atoms with Crippen LogP contribution in [0.4, 0.5) is 0 Å². The molecule has 2 atom stereocenters. The molecular formula is C13H25NO3. The lowest BCUT2D eigenvalue weighted by atomic mass is 9.84. The summed E-state index contributed by atoms with van der Waals surface area (Å²) in [6.45, 7) is 6.62. The zero-order valence-corrected chi connectivity index (χ0v) is 11.0. The molecule has 2 unspecified atom stereocenters. The van der Waals surface area contributed by atoms with Crippen LogP contribution in [0.5, 0.6) is 0 Å². The van der Waals surface area contributed by atoms with Crippen molar-refractivity contribution in [3.8, 4) is 0 Å². The van der Waals surface area contributed by atoms with E-state index < -0.39 is 6.10 Å². The van der Waals surface area contributed by atoms with E-state index in [0.717, 1.165) is 6.42 Å². The lowest BCUT2D eigenvalue weighted by Crippen LogP contribution is -2.43. The minimum atomic E-state index is -0.427. The topological polar surface area (TPSA) is 72.7 Å². The van der Waals surface area contributed by atoms with Crippen molar-refractivity contribution in [2.75, 3.05) is 13.2 Å². The van der Waals surface area contributed by atoms with Crippen LogP contribution >= 0.6 is 0 Å². The molecule has 4 heteroatoms. The van der Waals surface area contributed by atoms with Gasteiger partial charge >= 0.3 is 0 Å². The SMILES string of the molecule is CC(C)(C)NCC(O)C1CCC(O)=C(CO)C1. The van der Waals surface area contributed by atoms with Crippen molar-refractivity contribution in [2.24, 2.45) is 5.92 Å². The Morgan fingerprint density at radius 3 is 2.59 bits per heavy atom. The molecule has 100 valence electrons. The molecule has 17 heavy (non-hydrogen) atoms. The Morgan fingerprint density at radius 2 is 2.06 bits per heavy atom. The number of β-amino-alcohol motifs (C(OH)–C–C–N with tert-alkyl or cyclic N) is 1. The van der Waals surface area contributed by atoms with Gasteiger partial charge in [-0.05, 0) is 45.1 Å². The van der Waals surface area contributed by atoms with E-state index in [9.17, 15) is 10.2 Å². The third-order valence-corrected chi connectivity index (χ3v) is 3.25. The summed E-state index contributed by atoms with van der Waals surface area (Å²) in [7, 11) is 0. The quantitative estimate of drug-likeness (QED) is 0.601. The van der Waals surface area contributed by atoms with Gasteiger partial charge in [0, 0.05) is 18.5 Å². The summed E-state index contributed by atoms with van der Waals surface area (Å²) in [4.78, 5) is 0. The predicted molar refractivity (Wildman–Crippen MR) is 67.8 cm³/mol. The van der Waals surface area contributed by atoms with E-state index in [2.05, 4.69) is 26.1 Å². The van der Waals surface area contributed by atoms with Crippen LogP contribution in [0.25, 0.3) is 0 Å². The molecule has 0 fully saturated rings. The van der Waals surface area contributed by atoms with E-state index in [1.54, 1.807) is 0 Å². The lowest BCUT2D eigenvalue weighted by Gasteiger charge is -2.30. The van der Waals surface area contributed by atoms with Crippen LogP contribution in [0.2, 0.25) is 0 Å². The lowest BCUT2D eigenvalue weighted by molar-refractivity contribution is 0.0846. The Morgan fingerprint density at radius 1 is 1.41 bits per heavy atom. The zero-order valence-electron chi connectivity index (χ0n) is 11.0. The van der Waals surface area contributed by atoms with E-state index in [0.29, 0.717) is 30.7 Å². The molecule has 0 aromatic rings. The highest BCUT2D eigenvalue weighted by Crippen LogP contribution is 2.30. The molecule has 1 rings (SSSR count). The Bertz CT molecular complexity index is 281. The smallest absolute Gasteiger partial charge is 0.0937 e. The molecule has 4 N–H and O–H groups in total. The average molecular weight is 243 g/mol. The Kier molecular flexibility index (Phi) is 4.98. The molecule has 0 radical (unpaired) electrons. The molecule has 0 aromatic heterocycles. The van der Waals surface area contributed by atoms with Gasteiger partial charge in [0.25, 0.3) is 0 Å². The highest BCUT2D eigenvalue weighted by molar-refractivity contribution is 5.13. The van der Waals surface area contributed by atoms with Gasteiger partial charge in [-0.15, -0.1) is 0 Å². The van der Waals surface area contributed by atoms with Crippen molar-refractivity contribution >= 4 is 0 Å². The fourth-order valence-electron chi connectivity index (χ4n) is 2.10. The van der Waals surface area contributed by atoms with Crippen molar-refractivity contribution in [3.63, 3.8) is 0 Å². The molecule has 0 saturated heterocycles. The minimum absolute atomic E-state index is 0.00651. The fourth-order valence-corrected chi connectivity index (χ4v) is 2.10. The number of allylic oxidation sites excluding steroid dienone is 1. The molecule has 0 bridgehead atoms. The Balaban J connectivity index is 2.47. The third-order valence-electron chi connectivity index (χ3n) is 3.25. The first kappa shape index (κ1) is 14.5. The highest BCUT2D eigenvalue weighted by Gasteiger charge is 2.26. The molecule has 4 nitrogen and oxygen atoms in total. The number of rotatable bonds is 4. The molecule has 0 heterocycles. The summed E-state index contributed by atoms with van der Waals surface area (Å²) in [5, 5.41) is 32.0. The van der Waals surface area contributed by atoms with Gasteiger partial charge in [-0.2, -0.15) is 0 Å². The molecule has 1 aliphatic carbocycles. The second-order valence-electron chi connectivity index (χ2n) is 5.91. The van der Waals surface area contributed by atoms with E-state index in [1.165, 1.54) is 0 Å². The van der Waals surface area contributed by atoms with Crippen LogP contribution in [0.1, 0.15) is 40.0 Å². The molecule has 0 spiro atoms. The van der Waals surface area contributed by atoms with Gasteiger partial charge in [-0.25, -0.2) is 0 Å². The van der Waals surface area contributed by atoms with Crippen molar-refractivity contribution in [1.82, 2.24) is 5.32 Å². The van der Waals surface area contributed by atoms with Crippen LogP contribution in [0.3, 0.4) is 0 Å². The predicted octanol–water partition coefficient (Wildman–Crippen LogP) is 1.34. The largest absolute Gasteiger partial charge is 0.512 e. The minimum Gasteiger partial charge on any atom is -0.512 e. The van der Waals surface area contributed by atoms with E-state index in [4.69, 9.17) is 5.11 Å². The number of nitrogens with one attached hydrogen (secondary N) is 1. The Labute approximate surface area is 103 Å². The molecular weight excluding hydrogens is 218 g/mol. The maximum absolute atomic E-state index is 10.1. The van der Waals surface area contributed by atoms with Gasteiger partial charge in [0.1, 0.15) is 0 Å². The van der Waals surface area contributed by atoms with E-state index in [1.807, 2.05) is 0 Å². The van der Waals surface area contributed by atoms with Crippen molar-refractivity contribution in [3.05, 3.63) is 11.3 Å². The molecule has 0 aromatic carbocycles. The van der Waals surface area contributed by atoms with Gasteiger partial charge in [-0.3, -0.25) is 0 Å². The molecule has 1 aliphatic rings. The van der Waals surface area contributed by atoms with Gasteiger partial charge in [0.2, 0.25) is 0 Å². The second kappa shape index (κ2) is 5.85. The number of hydrogen-bond donors (Lipinski definition) is 4. The van der Waals surface area contributed by atoms with Crippen LogP contribution < -0.4 is 5.32 Å². The molecule has 0 amide bonds. The summed E-state index contributed by atoms with van der Waals surface area (Å²) in [6, 6.07) is 0. The summed E-state index contributed by atoms with van der Waals surface area (Å²) in [5.74, 6) is 0.433. The first-order valence-electron chi connectivity index (χ1n) is 6.27. The number of hydrogen-bond acceptors (Lipinski definition) is 4. The van der Waals surface area contributed by atoms with Crippen LogP contribution in [0.15, 0.2) is 11.3 Å². The van der Waals surface area contributed by atoms with Crippen LogP contribution in [-0.4, -0.2) is 40.1 Å². The van der Waals surface area contributed by atoms with E-state index >= 15 is 0 Å². The third kappa shape index (κ3) is 4.66. The zero-order chi connectivity index (χ0) is 13.1. The second-order valence-corrected chi connectivity index (χ2v) is 5.91. The summed E-state index contributed by atoms with van der Waals surface area (Å²) in [6.07, 6.45) is 1.51. The standard InChI is InChI=1S/C13H25NO3/c1-13(2,3)14-7-12(17)9-4-5-11(16)10(6-9)8-15/h9,12,14-17H,4-8H2,1-3H3. The number of aliphatic hydroxyl groups excluding tert-OH is 3. The first-order chi connectivity index (χ1) is 7.83. The monoisotopic (exact) mass is 243 g/mol.